The van der Waals surface area contributed by atoms with E-state index >= 15 is 0 Å². The number of sulfonamides is 1. The number of carbonyl (C=O) groups is 2. The van der Waals surface area contributed by atoms with Crippen molar-refractivity contribution in [3.63, 3.8) is 0 Å². The topological polar surface area (TPSA) is 86.8 Å². The molecule has 0 aliphatic rings. The van der Waals surface area contributed by atoms with Gasteiger partial charge in [-0.1, -0.05) is 66.7 Å². The molecule has 3 aromatic carbocycles. The summed E-state index contributed by atoms with van der Waals surface area (Å²) in [6.45, 7) is 7.30. The van der Waals surface area contributed by atoms with Gasteiger partial charge in [-0.2, -0.15) is 0 Å². The van der Waals surface area contributed by atoms with Gasteiger partial charge in [-0.05, 0) is 62.1 Å². The number of rotatable bonds is 11. The maximum absolute atomic E-state index is 14.0. The van der Waals surface area contributed by atoms with Crippen molar-refractivity contribution in [2.75, 3.05) is 17.1 Å². The molecule has 1 atom stereocenters. The first kappa shape index (κ1) is 28.9. The molecule has 0 aliphatic carbocycles. The van der Waals surface area contributed by atoms with Gasteiger partial charge in [0.05, 0.1) is 11.9 Å². The van der Waals surface area contributed by atoms with Crippen LogP contribution in [0, 0.1) is 13.8 Å². The Morgan fingerprint density at radius 2 is 1.55 bits per heavy atom. The zero-order valence-electron chi connectivity index (χ0n) is 22.7. The Hall–Kier alpha value is -3.65. The second-order valence-electron chi connectivity index (χ2n) is 9.93. The maximum Gasteiger partial charge on any atom is 0.244 e. The minimum Gasteiger partial charge on any atom is -0.352 e. The largest absolute Gasteiger partial charge is 0.352 e. The number of benzene rings is 3. The lowest BCUT2D eigenvalue weighted by Crippen LogP contribution is -2.54. The molecule has 0 heterocycles. The zero-order valence-corrected chi connectivity index (χ0v) is 23.5. The van der Waals surface area contributed by atoms with Gasteiger partial charge < -0.3 is 10.2 Å². The fourth-order valence-electron chi connectivity index (χ4n) is 4.30. The minimum absolute atomic E-state index is 0.129. The quantitative estimate of drug-likeness (QED) is 0.398. The average molecular weight is 536 g/mol. The van der Waals surface area contributed by atoms with E-state index in [1.165, 1.54) is 4.90 Å². The molecule has 0 aliphatic heterocycles. The highest BCUT2D eigenvalue weighted by Crippen LogP contribution is 2.22. The fraction of sp³-hybridized carbons (Fsp3) is 0.333. The molecular formula is C30H37N3O4S. The van der Waals surface area contributed by atoms with E-state index in [-0.39, 0.29) is 18.5 Å². The molecule has 202 valence electrons. The maximum atomic E-state index is 14.0. The van der Waals surface area contributed by atoms with Crippen molar-refractivity contribution >= 4 is 27.5 Å². The van der Waals surface area contributed by atoms with Gasteiger partial charge in [-0.15, -0.1) is 0 Å². The molecule has 0 unspecified atom stereocenters. The molecule has 38 heavy (non-hydrogen) atoms. The van der Waals surface area contributed by atoms with Crippen LogP contribution in [0.25, 0.3) is 0 Å². The third kappa shape index (κ3) is 7.92. The minimum atomic E-state index is -3.78. The molecule has 0 saturated heterocycles. The van der Waals surface area contributed by atoms with Crippen molar-refractivity contribution in [1.29, 1.82) is 0 Å². The van der Waals surface area contributed by atoms with Crippen LogP contribution in [0.15, 0.2) is 78.9 Å². The van der Waals surface area contributed by atoms with E-state index in [0.717, 1.165) is 32.8 Å². The van der Waals surface area contributed by atoms with Gasteiger partial charge in [0.1, 0.15) is 12.6 Å². The predicted octanol–water partition coefficient (Wildman–Crippen LogP) is 4.23. The molecule has 7 nitrogen and oxygen atoms in total. The van der Waals surface area contributed by atoms with Gasteiger partial charge in [0, 0.05) is 19.0 Å². The first-order valence-electron chi connectivity index (χ1n) is 12.7. The summed E-state index contributed by atoms with van der Waals surface area (Å²) in [7, 11) is -3.78. The van der Waals surface area contributed by atoms with E-state index in [4.69, 9.17) is 0 Å². The van der Waals surface area contributed by atoms with Gasteiger partial charge in [0.25, 0.3) is 0 Å². The van der Waals surface area contributed by atoms with Crippen molar-refractivity contribution in [2.45, 2.75) is 52.7 Å². The molecule has 3 aromatic rings. The van der Waals surface area contributed by atoms with Gasteiger partial charge >= 0.3 is 0 Å². The molecule has 0 radical (unpaired) electrons. The monoisotopic (exact) mass is 535 g/mol. The Kier molecular flexibility index (Phi) is 9.69. The van der Waals surface area contributed by atoms with E-state index in [9.17, 15) is 18.0 Å². The molecule has 2 amide bonds. The summed E-state index contributed by atoms with van der Waals surface area (Å²) in [5, 5.41) is 2.96. The molecule has 1 N–H and O–H groups in total. The lowest BCUT2D eigenvalue weighted by Gasteiger charge is -2.34. The van der Waals surface area contributed by atoms with E-state index in [1.54, 1.807) is 18.2 Å². The molecule has 0 bridgehead atoms. The van der Waals surface area contributed by atoms with Crippen LogP contribution in [-0.2, 0) is 32.6 Å². The molecular weight excluding hydrogens is 498 g/mol. The number of carbonyl (C=O) groups excluding carboxylic acids is 2. The Labute approximate surface area is 226 Å². The SMILES string of the molecule is Cc1cccc(N(CC(=O)N(Cc2ccccc2C)[C@H](Cc2ccccc2)C(=O)NC(C)C)S(C)(=O)=O)c1. The van der Waals surface area contributed by atoms with Crippen molar-refractivity contribution in [3.05, 3.63) is 101 Å². The molecule has 0 fully saturated rings. The predicted molar refractivity (Wildman–Crippen MR) is 152 cm³/mol. The third-order valence-corrected chi connectivity index (χ3v) is 7.41. The fourth-order valence-corrected chi connectivity index (χ4v) is 5.14. The van der Waals surface area contributed by atoms with Gasteiger partial charge in [-0.3, -0.25) is 13.9 Å². The summed E-state index contributed by atoms with van der Waals surface area (Å²) < 4.78 is 26.8. The summed E-state index contributed by atoms with van der Waals surface area (Å²) in [4.78, 5) is 29.1. The van der Waals surface area contributed by atoms with E-state index in [2.05, 4.69) is 5.32 Å². The number of hydrogen-bond acceptors (Lipinski definition) is 4. The third-order valence-electron chi connectivity index (χ3n) is 6.27. The second-order valence-corrected chi connectivity index (χ2v) is 11.8. The number of aryl methyl sites for hydroxylation is 2. The summed E-state index contributed by atoms with van der Waals surface area (Å²) in [5.74, 6) is -0.743. The molecule has 8 heteroatoms. The summed E-state index contributed by atoms with van der Waals surface area (Å²) in [5.41, 5.74) is 4.05. The number of nitrogens with zero attached hydrogens (tertiary/aromatic N) is 2. The van der Waals surface area contributed by atoms with E-state index < -0.39 is 28.5 Å². The Morgan fingerprint density at radius 1 is 0.895 bits per heavy atom. The Morgan fingerprint density at radius 3 is 2.16 bits per heavy atom. The van der Waals surface area contributed by atoms with Crippen LogP contribution in [-0.4, -0.2) is 50.0 Å². The summed E-state index contributed by atoms with van der Waals surface area (Å²) >= 11 is 0. The van der Waals surface area contributed by atoms with Crippen LogP contribution < -0.4 is 9.62 Å². The Balaban J connectivity index is 2.07. The lowest BCUT2D eigenvalue weighted by molar-refractivity contribution is -0.140. The molecule has 3 rings (SSSR count). The lowest BCUT2D eigenvalue weighted by atomic mass is 10.0. The van der Waals surface area contributed by atoms with Crippen LogP contribution in [0.5, 0.6) is 0 Å². The van der Waals surface area contributed by atoms with Gasteiger partial charge in [0.2, 0.25) is 21.8 Å². The number of amides is 2. The molecule has 0 spiro atoms. The van der Waals surface area contributed by atoms with Crippen molar-refractivity contribution in [1.82, 2.24) is 10.2 Å². The van der Waals surface area contributed by atoms with E-state index in [1.807, 2.05) is 88.4 Å². The standard InChI is InChI=1S/C30H37N3O4S/c1-22(2)31-30(35)28(19-25-14-7-6-8-15-25)32(20-26-16-10-9-13-24(26)4)29(34)21-33(38(5,36)37)27-17-11-12-23(3)18-27/h6-18,22,28H,19-21H2,1-5H3,(H,31,35)/t28-/m1/s1. The zero-order chi connectivity index (χ0) is 27.9. The van der Waals surface area contributed by atoms with Crippen LogP contribution in [0.3, 0.4) is 0 Å². The average Bonchev–Trinajstić information content (AvgIpc) is 2.85. The highest BCUT2D eigenvalue weighted by molar-refractivity contribution is 7.92. The number of anilines is 1. The first-order chi connectivity index (χ1) is 18.0. The highest BCUT2D eigenvalue weighted by Gasteiger charge is 2.33. The van der Waals surface area contributed by atoms with Crippen LogP contribution >= 0.6 is 0 Å². The summed E-state index contributed by atoms with van der Waals surface area (Å²) in [6, 6.07) is 23.2. The van der Waals surface area contributed by atoms with Crippen LogP contribution in [0.1, 0.15) is 36.1 Å². The van der Waals surface area contributed by atoms with E-state index in [0.29, 0.717) is 12.1 Å². The molecule has 0 saturated carbocycles. The summed E-state index contributed by atoms with van der Waals surface area (Å²) in [6.07, 6.45) is 1.38. The van der Waals surface area contributed by atoms with Crippen molar-refractivity contribution in [3.8, 4) is 0 Å². The van der Waals surface area contributed by atoms with Crippen molar-refractivity contribution < 1.29 is 18.0 Å². The van der Waals surface area contributed by atoms with Crippen LogP contribution in [0.4, 0.5) is 5.69 Å². The normalized spacial score (nSPS) is 12.2. The van der Waals surface area contributed by atoms with Gasteiger partial charge in [-0.25, -0.2) is 8.42 Å². The Bertz CT molecular complexity index is 1360. The first-order valence-corrected chi connectivity index (χ1v) is 14.5. The second kappa shape index (κ2) is 12.7. The number of nitrogens with one attached hydrogen (secondary N) is 1. The van der Waals surface area contributed by atoms with Crippen molar-refractivity contribution in [2.24, 2.45) is 0 Å². The highest BCUT2D eigenvalue weighted by atomic mass is 32.2. The van der Waals surface area contributed by atoms with Gasteiger partial charge in [0.15, 0.2) is 0 Å². The smallest absolute Gasteiger partial charge is 0.244 e. The number of hydrogen-bond donors (Lipinski definition) is 1. The molecule has 0 aromatic heterocycles. The van der Waals surface area contributed by atoms with Crippen LogP contribution in [0.2, 0.25) is 0 Å².